The summed E-state index contributed by atoms with van der Waals surface area (Å²) in [4.78, 5) is 28.2. The van der Waals surface area contributed by atoms with Crippen molar-refractivity contribution in [1.29, 1.82) is 0 Å². The summed E-state index contributed by atoms with van der Waals surface area (Å²) in [5, 5.41) is 7.24. The predicted molar refractivity (Wildman–Crippen MR) is 111 cm³/mol. The van der Waals surface area contributed by atoms with Crippen LogP contribution in [-0.2, 0) is 9.59 Å². The van der Waals surface area contributed by atoms with Crippen LogP contribution in [0.5, 0.6) is 0 Å². The van der Waals surface area contributed by atoms with Crippen molar-refractivity contribution in [3.05, 3.63) is 60.2 Å². The van der Waals surface area contributed by atoms with Crippen molar-refractivity contribution in [2.24, 2.45) is 0 Å². The van der Waals surface area contributed by atoms with Gasteiger partial charge in [0.25, 0.3) is 0 Å². The third-order valence-corrected chi connectivity index (χ3v) is 5.06. The molecule has 3 aromatic rings. The topological polar surface area (TPSA) is 71.1 Å². The summed E-state index contributed by atoms with van der Waals surface area (Å²) in [5.41, 5.74) is 3.45. The highest BCUT2D eigenvalue weighted by Gasteiger charge is 2.16. The van der Waals surface area contributed by atoms with Gasteiger partial charge in [0.05, 0.1) is 15.8 Å². The van der Waals surface area contributed by atoms with Gasteiger partial charge in [-0.3, -0.25) is 9.59 Å². The van der Waals surface area contributed by atoms with Crippen LogP contribution in [0, 0.1) is 6.92 Å². The molecule has 2 N–H and O–H groups in total. The molecule has 0 aliphatic heterocycles. The van der Waals surface area contributed by atoms with E-state index in [0.717, 1.165) is 21.5 Å². The zero-order chi connectivity index (χ0) is 19.4. The zero-order valence-corrected chi connectivity index (χ0v) is 16.3. The van der Waals surface area contributed by atoms with Gasteiger partial charge in [-0.1, -0.05) is 30.0 Å². The van der Waals surface area contributed by atoms with Gasteiger partial charge in [0.15, 0.2) is 0 Å². The monoisotopic (exact) mass is 379 g/mol. The van der Waals surface area contributed by atoms with Crippen LogP contribution in [0.3, 0.4) is 0 Å². The first-order chi connectivity index (χ1) is 12.9. The van der Waals surface area contributed by atoms with E-state index in [2.05, 4.69) is 22.5 Å². The molecule has 5 nitrogen and oxygen atoms in total. The summed E-state index contributed by atoms with van der Waals surface area (Å²) in [6.45, 7) is 5.37. The third-order valence-electron chi connectivity index (χ3n) is 4.04. The number of pyridine rings is 1. The zero-order valence-electron chi connectivity index (χ0n) is 15.4. The van der Waals surface area contributed by atoms with Gasteiger partial charge in [-0.2, -0.15) is 0 Å². The fraction of sp³-hybridized carbons (Fsp3) is 0.190. The Morgan fingerprint density at radius 1 is 1.00 bits per heavy atom. The average Bonchev–Trinajstić information content (AvgIpc) is 2.63. The molecule has 0 saturated heterocycles. The first-order valence-electron chi connectivity index (χ1n) is 8.64. The van der Waals surface area contributed by atoms with E-state index in [-0.39, 0.29) is 17.1 Å². The van der Waals surface area contributed by atoms with E-state index in [0.29, 0.717) is 11.4 Å². The summed E-state index contributed by atoms with van der Waals surface area (Å²) in [7, 11) is 0. The number of aromatic nitrogens is 1. The predicted octanol–water partition coefficient (Wildman–Crippen LogP) is 4.62. The van der Waals surface area contributed by atoms with Crippen LogP contribution in [-0.4, -0.2) is 22.0 Å². The second-order valence-electron chi connectivity index (χ2n) is 6.30. The van der Waals surface area contributed by atoms with Gasteiger partial charge in [-0.25, -0.2) is 4.98 Å². The van der Waals surface area contributed by atoms with Crippen molar-refractivity contribution in [1.82, 2.24) is 4.98 Å². The van der Waals surface area contributed by atoms with Crippen molar-refractivity contribution in [2.75, 3.05) is 10.6 Å². The Labute approximate surface area is 162 Å². The molecule has 138 valence electrons. The Morgan fingerprint density at radius 2 is 1.63 bits per heavy atom. The van der Waals surface area contributed by atoms with Gasteiger partial charge < -0.3 is 10.6 Å². The largest absolute Gasteiger partial charge is 0.326 e. The Bertz CT molecular complexity index is 986. The van der Waals surface area contributed by atoms with Crippen LogP contribution in [0.1, 0.15) is 19.4 Å². The van der Waals surface area contributed by atoms with E-state index >= 15 is 0 Å². The minimum absolute atomic E-state index is 0.0973. The number of carbonyl (C=O) groups is 2. The highest BCUT2D eigenvalue weighted by molar-refractivity contribution is 8.00. The lowest BCUT2D eigenvalue weighted by Gasteiger charge is -2.13. The molecule has 0 bridgehead atoms. The number of aryl methyl sites for hydroxylation is 1. The number of nitrogens with zero attached hydrogens (tertiary/aromatic N) is 1. The van der Waals surface area contributed by atoms with E-state index in [4.69, 9.17) is 0 Å². The summed E-state index contributed by atoms with van der Waals surface area (Å²) in [6, 6.07) is 17.0. The highest BCUT2D eigenvalue weighted by Crippen LogP contribution is 2.27. The van der Waals surface area contributed by atoms with Gasteiger partial charge in [-0.05, 0) is 55.8 Å². The molecule has 1 heterocycles. The van der Waals surface area contributed by atoms with Crippen molar-refractivity contribution in [3.63, 3.8) is 0 Å². The first kappa shape index (κ1) is 18.9. The smallest absolute Gasteiger partial charge is 0.237 e. The van der Waals surface area contributed by atoms with Gasteiger partial charge in [-0.15, -0.1) is 0 Å². The van der Waals surface area contributed by atoms with E-state index in [1.807, 2.05) is 37.3 Å². The fourth-order valence-corrected chi connectivity index (χ4v) is 3.62. The number of anilines is 2. The Balaban J connectivity index is 1.66. The van der Waals surface area contributed by atoms with E-state index in [1.165, 1.54) is 18.7 Å². The summed E-state index contributed by atoms with van der Waals surface area (Å²) in [5.74, 6) is -0.227. The third kappa shape index (κ3) is 4.86. The second kappa shape index (κ2) is 8.22. The lowest BCUT2D eigenvalue weighted by atomic mass is 10.1. The first-order valence-corrected chi connectivity index (χ1v) is 9.52. The SMILES string of the molecule is CC(=O)Nc1ccc(NC(=O)C(C)Sc2cc(C)c3ccccc3n2)cc1. The fourth-order valence-electron chi connectivity index (χ4n) is 2.70. The van der Waals surface area contributed by atoms with Crippen LogP contribution >= 0.6 is 11.8 Å². The maximum atomic E-state index is 12.5. The van der Waals surface area contributed by atoms with Gasteiger partial charge >= 0.3 is 0 Å². The lowest BCUT2D eigenvalue weighted by molar-refractivity contribution is -0.115. The van der Waals surface area contributed by atoms with Crippen molar-refractivity contribution < 1.29 is 9.59 Å². The Kier molecular flexibility index (Phi) is 5.76. The molecular formula is C21H21N3O2S. The molecule has 1 aromatic heterocycles. The molecule has 2 amide bonds. The van der Waals surface area contributed by atoms with E-state index in [1.54, 1.807) is 24.3 Å². The number of nitrogens with one attached hydrogen (secondary N) is 2. The van der Waals surface area contributed by atoms with Crippen LogP contribution in [0.15, 0.2) is 59.6 Å². The minimum atomic E-state index is -0.298. The summed E-state index contributed by atoms with van der Waals surface area (Å²) in [6.07, 6.45) is 0. The number of fused-ring (bicyclic) bond motifs is 1. The molecule has 6 heteroatoms. The number of carbonyl (C=O) groups excluding carboxylic acids is 2. The molecule has 0 radical (unpaired) electrons. The molecule has 0 aliphatic carbocycles. The number of rotatable bonds is 5. The second-order valence-corrected chi connectivity index (χ2v) is 7.66. The van der Waals surface area contributed by atoms with Crippen LogP contribution in [0.25, 0.3) is 10.9 Å². The molecular weight excluding hydrogens is 358 g/mol. The number of thioether (sulfide) groups is 1. The Hall–Kier alpha value is -2.86. The van der Waals surface area contributed by atoms with E-state index in [9.17, 15) is 9.59 Å². The number of para-hydroxylation sites is 1. The molecule has 3 rings (SSSR count). The molecule has 1 unspecified atom stereocenters. The standard InChI is InChI=1S/C21H21N3O2S/c1-13-12-20(24-19-7-5-4-6-18(13)19)27-14(2)21(26)23-17-10-8-16(9-11-17)22-15(3)25/h4-12,14H,1-3H3,(H,22,25)(H,23,26). The maximum absolute atomic E-state index is 12.5. The van der Waals surface area contributed by atoms with Crippen LogP contribution < -0.4 is 10.6 Å². The van der Waals surface area contributed by atoms with Crippen molar-refractivity contribution >= 4 is 45.9 Å². The number of hydrogen-bond acceptors (Lipinski definition) is 4. The van der Waals surface area contributed by atoms with Crippen LogP contribution in [0.2, 0.25) is 0 Å². The molecule has 0 saturated carbocycles. The Morgan fingerprint density at radius 3 is 2.30 bits per heavy atom. The average molecular weight is 379 g/mol. The molecule has 2 aromatic carbocycles. The molecule has 27 heavy (non-hydrogen) atoms. The van der Waals surface area contributed by atoms with Gasteiger partial charge in [0, 0.05) is 23.7 Å². The molecule has 1 atom stereocenters. The maximum Gasteiger partial charge on any atom is 0.237 e. The van der Waals surface area contributed by atoms with Gasteiger partial charge in [0.1, 0.15) is 0 Å². The lowest BCUT2D eigenvalue weighted by Crippen LogP contribution is -2.22. The summed E-state index contributed by atoms with van der Waals surface area (Å²) < 4.78 is 0. The molecule has 0 aliphatic rings. The number of benzene rings is 2. The van der Waals surface area contributed by atoms with Crippen LogP contribution in [0.4, 0.5) is 11.4 Å². The van der Waals surface area contributed by atoms with Crippen molar-refractivity contribution in [2.45, 2.75) is 31.0 Å². The normalized spacial score (nSPS) is 11.8. The van der Waals surface area contributed by atoms with E-state index < -0.39 is 0 Å². The molecule has 0 fully saturated rings. The minimum Gasteiger partial charge on any atom is -0.326 e. The van der Waals surface area contributed by atoms with Crippen molar-refractivity contribution in [3.8, 4) is 0 Å². The number of amides is 2. The number of hydrogen-bond donors (Lipinski definition) is 2. The summed E-state index contributed by atoms with van der Waals surface area (Å²) >= 11 is 1.43. The molecule has 0 spiro atoms. The highest BCUT2D eigenvalue weighted by atomic mass is 32.2. The quantitative estimate of drug-likeness (QED) is 0.635. The van der Waals surface area contributed by atoms with Gasteiger partial charge in [0.2, 0.25) is 11.8 Å².